The van der Waals surface area contributed by atoms with Crippen LogP contribution in [0.1, 0.15) is 24.4 Å². The minimum absolute atomic E-state index is 0.174. The lowest BCUT2D eigenvalue weighted by Crippen LogP contribution is -2.38. The summed E-state index contributed by atoms with van der Waals surface area (Å²) in [5.74, 6) is -0.320. The maximum atomic E-state index is 12.9. The van der Waals surface area contributed by atoms with Gasteiger partial charge < -0.3 is 10.6 Å². The van der Waals surface area contributed by atoms with Crippen molar-refractivity contribution in [1.82, 2.24) is 10.2 Å². The summed E-state index contributed by atoms with van der Waals surface area (Å²) in [6.45, 7) is 2.65. The largest absolute Gasteiger partial charge is 0.336 e. The van der Waals surface area contributed by atoms with Crippen molar-refractivity contribution in [3.05, 3.63) is 66.0 Å². The number of carbonyl (C=O) groups is 1. The van der Waals surface area contributed by atoms with Gasteiger partial charge in [0.2, 0.25) is 0 Å². The molecule has 1 aliphatic rings. The zero-order chi connectivity index (χ0) is 16.8. The molecule has 1 fully saturated rings. The van der Waals surface area contributed by atoms with Gasteiger partial charge in [-0.1, -0.05) is 30.3 Å². The summed E-state index contributed by atoms with van der Waals surface area (Å²) in [5.41, 5.74) is 1.79. The molecule has 1 heterocycles. The van der Waals surface area contributed by atoms with Gasteiger partial charge in [0.05, 0.1) is 6.04 Å². The van der Waals surface area contributed by atoms with Gasteiger partial charge >= 0.3 is 6.03 Å². The van der Waals surface area contributed by atoms with E-state index in [9.17, 15) is 9.18 Å². The Hall–Kier alpha value is -2.40. The Labute approximate surface area is 141 Å². The molecule has 1 aliphatic heterocycles. The Bertz CT molecular complexity index is 654. The highest BCUT2D eigenvalue weighted by Crippen LogP contribution is 2.24. The summed E-state index contributed by atoms with van der Waals surface area (Å²) in [6, 6.07) is 15.9. The number of nitrogens with zero attached hydrogens (tertiary/aromatic N) is 1. The van der Waals surface area contributed by atoms with Crippen LogP contribution < -0.4 is 10.6 Å². The molecular formula is C19H22FN3O. The lowest BCUT2D eigenvalue weighted by molar-refractivity contribution is 0.227. The second kappa shape index (κ2) is 7.93. The molecule has 0 aliphatic carbocycles. The second-order valence-corrected chi connectivity index (χ2v) is 6.01. The summed E-state index contributed by atoms with van der Waals surface area (Å²) < 4.78 is 12.9. The van der Waals surface area contributed by atoms with E-state index >= 15 is 0 Å². The first-order valence-electron chi connectivity index (χ1n) is 8.32. The first kappa shape index (κ1) is 16.5. The molecule has 1 saturated heterocycles. The third-order valence-electron chi connectivity index (χ3n) is 4.32. The fraction of sp³-hybridized carbons (Fsp3) is 0.316. The van der Waals surface area contributed by atoms with E-state index in [0.717, 1.165) is 13.1 Å². The quantitative estimate of drug-likeness (QED) is 0.878. The molecule has 126 valence electrons. The van der Waals surface area contributed by atoms with Gasteiger partial charge in [-0.05, 0) is 55.8 Å². The fourth-order valence-electron chi connectivity index (χ4n) is 3.08. The van der Waals surface area contributed by atoms with Gasteiger partial charge in [-0.15, -0.1) is 0 Å². The molecule has 2 aromatic rings. The van der Waals surface area contributed by atoms with Crippen LogP contribution in [0.3, 0.4) is 0 Å². The number of urea groups is 1. The fourth-order valence-corrected chi connectivity index (χ4v) is 3.08. The average Bonchev–Trinajstić information content (AvgIpc) is 3.12. The van der Waals surface area contributed by atoms with E-state index in [0.29, 0.717) is 12.2 Å². The molecule has 24 heavy (non-hydrogen) atoms. The molecule has 5 heteroatoms. The molecule has 2 amide bonds. The molecule has 0 spiro atoms. The highest BCUT2D eigenvalue weighted by molar-refractivity contribution is 5.89. The third-order valence-corrected chi connectivity index (χ3v) is 4.32. The predicted octanol–water partition coefficient (Wildman–Crippen LogP) is 3.78. The van der Waals surface area contributed by atoms with Crippen molar-refractivity contribution in [2.24, 2.45) is 0 Å². The Morgan fingerprint density at radius 3 is 2.38 bits per heavy atom. The molecule has 0 radical (unpaired) electrons. The van der Waals surface area contributed by atoms with Gasteiger partial charge in [0, 0.05) is 12.2 Å². The van der Waals surface area contributed by atoms with Gasteiger partial charge in [0.25, 0.3) is 0 Å². The van der Waals surface area contributed by atoms with Crippen LogP contribution in [-0.4, -0.2) is 30.6 Å². The van der Waals surface area contributed by atoms with Gasteiger partial charge in [-0.3, -0.25) is 4.90 Å². The van der Waals surface area contributed by atoms with Crippen LogP contribution in [-0.2, 0) is 0 Å². The Morgan fingerprint density at radius 1 is 1.04 bits per heavy atom. The lowest BCUT2D eigenvalue weighted by Gasteiger charge is -2.28. The number of carbonyl (C=O) groups excluding carboxylic acids is 1. The molecule has 2 aromatic carbocycles. The maximum absolute atomic E-state index is 12.9. The lowest BCUT2D eigenvalue weighted by atomic mass is 10.1. The Balaban J connectivity index is 1.60. The van der Waals surface area contributed by atoms with E-state index in [4.69, 9.17) is 0 Å². The first-order valence-corrected chi connectivity index (χ1v) is 8.32. The zero-order valence-electron chi connectivity index (χ0n) is 13.5. The standard InChI is InChI=1S/C19H22FN3O/c20-16-8-10-17(11-9-16)22-19(24)21-14-18(23-12-4-5-13-23)15-6-2-1-3-7-15/h1-3,6-11,18H,4-5,12-14H2,(H2,21,22,24). The smallest absolute Gasteiger partial charge is 0.319 e. The van der Waals surface area contributed by atoms with Crippen molar-refractivity contribution in [3.8, 4) is 0 Å². The number of anilines is 1. The van der Waals surface area contributed by atoms with Crippen LogP contribution in [0, 0.1) is 5.82 Å². The number of hydrogen-bond acceptors (Lipinski definition) is 2. The highest BCUT2D eigenvalue weighted by Gasteiger charge is 2.23. The monoisotopic (exact) mass is 327 g/mol. The second-order valence-electron chi connectivity index (χ2n) is 6.01. The van der Waals surface area contributed by atoms with Gasteiger partial charge in [0.15, 0.2) is 0 Å². The average molecular weight is 327 g/mol. The third kappa shape index (κ3) is 4.32. The molecule has 1 atom stereocenters. The highest BCUT2D eigenvalue weighted by atomic mass is 19.1. The van der Waals surface area contributed by atoms with Crippen LogP contribution in [0.2, 0.25) is 0 Å². The topological polar surface area (TPSA) is 44.4 Å². The van der Waals surface area contributed by atoms with Gasteiger partial charge in [0.1, 0.15) is 5.82 Å². The molecule has 0 bridgehead atoms. The van der Waals surface area contributed by atoms with E-state index in [1.807, 2.05) is 18.2 Å². The normalized spacial score (nSPS) is 15.9. The number of hydrogen-bond donors (Lipinski definition) is 2. The maximum Gasteiger partial charge on any atom is 0.319 e. The number of likely N-dealkylation sites (tertiary alicyclic amines) is 1. The van der Waals surface area contributed by atoms with E-state index in [1.54, 1.807) is 12.1 Å². The molecular weight excluding hydrogens is 305 g/mol. The summed E-state index contributed by atoms with van der Waals surface area (Å²) in [5, 5.41) is 5.67. The van der Waals surface area contributed by atoms with Crippen LogP contribution in [0.5, 0.6) is 0 Å². The molecule has 2 N–H and O–H groups in total. The van der Waals surface area contributed by atoms with Crippen LogP contribution >= 0.6 is 0 Å². The van der Waals surface area contributed by atoms with Crippen LogP contribution in [0.4, 0.5) is 14.9 Å². The van der Waals surface area contributed by atoms with Crippen molar-refractivity contribution in [2.75, 3.05) is 25.0 Å². The summed E-state index contributed by atoms with van der Waals surface area (Å²) in [4.78, 5) is 14.5. The van der Waals surface area contributed by atoms with Crippen molar-refractivity contribution in [1.29, 1.82) is 0 Å². The molecule has 0 aromatic heterocycles. The molecule has 3 rings (SSSR count). The minimum atomic E-state index is -0.320. The van der Waals surface area contributed by atoms with E-state index in [-0.39, 0.29) is 17.9 Å². The van der Waals surface area contributed by atoms with Crippen LogP contribution in [0.25, 0.3) is 0 Å². The van der Waals surface area contributed by atoms with E-state index in [1.165, 1.54) is 30.5 Å². The number of amides is 2. The number of nitrogens with one attached hydrogen (secondary N) is 2. The van der Waals surface area contributed by atoms with Crippen molar-refractivity contribution < 1.29 is 9.18 Å². The molecule has 1 unspecified atom stereocenters. The predicted molar refractivity (Wildman–Crippen MR) is 93.4 cm³/mol. The number of rotatable bonds is 5. The van der Waals surface area contributed by atoms with Crippen molar-refractivity contribution in [3.63, 3.8) is 0 Å². The van der Waals surface area contributed by atoms with E-state index in [2.05, 4.69) is 27.7 Å². The summed E-state index contributed by atoms with van der Waals surface area (Å²) in [6.07, 6.45) is 2.40. The van der Waals surface area contributed by atoms with Crippen LogP contribution in [0.15, 0.2) is 54.6 Å². The van der Waals surface area contributed by atoms with Crippen molar-refractivity contribution in [2.45, 2.75) is 18.9 Å². The summed E-state index contributed by atoms with van der Waals surface area (Å²) in [7, 11) is 0. The van der Waals surface area contributed by atoms with Gasteiger partial charge in [-0.25, -0.2) is 9.18 Å². The minimum Gasteiger partial charge on any atom is -0.336 e. The SMILES string of the molecule is O=C(NCC(c1ccccc1)N1CCCC1)Nc1ccc(F)cc1. The summed E-state index contributed by atoms with van der Waals surface area (Å²) >= 11 is 0. The van der Waals surface area contributed by atoms with Gasteiger partial charge in [-0.2, -0.15) is 0 Å². The molecule has 0 saturated carbocycles. The Kier molecular flexibility index (Phi) is 5.43. The van der Waals surface area contributed by atoms with E-state index < -0.39 is 0 Å². The zero-order valence-corrected chi connectivity index (χ0v) is 13.5. The Morgan fingerprint density at radius 2 is 1.71 bits per heavy atom. The first-order chi connectivity index (χ1) is 11.7. The number of halogens is 1. The number of benzene rings is 2. The van der Waals surface area contributed by atoms with Crippen molar-refractivity contribution >= 4 is 11.7 Å². The molecule has 4 nitrogen and oxygen atoms in total.